The molecule has 2 rings (SSSR count). The van der Waals surface area contributed by atoms with Gasteiger partial charge >= 0.3 is 5.97 Å². The van der Waals surface area contributed by atoms with E-state index in [2.05, 4.69) is 10.6 Å². The van der Waals surface area contributed by atoms with Crippen LogP contribution in [0.3, 0.4) is 0 Å². The molecule has 1 aliphatic heterocycles. The molecule has 0 fully saturated rings. The molecule has 0 radical (unpaired) electrons. The molecule has 0 saturated carbocycles. The number of thiocarbonyl (C=S) groups is 1. The van der Waals surface area contributed by atoms with Gasteiger partial charge in [0, 0.05) is 11.3 Å². The van der Waals surface area contributed by atoms with Crippen molar-refractivity contribution < 1.29 is 13.9 Å². The average Bonchev–Trinajstić information content (AvgIpc) is 2.37. The Labute approximate surface area is 128 Å². The first kappa shape index (κ1) is 15.4. The van der Waals surface area contributed by atoms with Crippen molar-refractivity contribution in [2.75, 3.05) is 0 Å². The van der Waals surface area contributed by atoms with Crippen molar-refractivity contribution in [2.45, 2.75) is 32.9 Å². The molecule has 1 aromatic carbocycles. The van der Waals surface area contributed by atoms with Crippen molar-refractivity contribution >= 4 is 23.3 Å². The van der Waals surface area contributed by atoms with Gasteiger partial charge in [-0.05, 0) is 39.1 Å². The number of carbonyl (C=O) groups excluding carboxylic acids is 1. The molecule has 21 heavy (non-hydrogen) atoms. The molecule has 1 aliphatic rings. The monoisotopic (exact) mass is 308 g/mol. The maximum absolute atomic E-state index is 14.0. The minimum atomic E-state index is -0.661. The number of esters is 1. The van der Waals surface area contributed by atoms with Crippen LogP contribution in [-0.2, 0) is 9.53 Å². The number of ether oxygens (including phenoxy) is 1. The minimum Gasteiger partial charge on any atom is -0.459 e. The highest BCUT2D eigenvalue weighted by Gasteiger charge is 2.32. The second-order valence-electron chi connectivity index (χ2n) is 5.05. The van der Waals surface area contributed by atoms with Gasteiger partial charge in [0.25, 0.3) is 0 Å². The highest BCUT2D eigenvalue weighted by atomic mass is 32.1. The van der Waals surface area contributed by atoms with E-state index in [0.717, 1.165) is 0 Å². The van der Waals surface area contributed by atoms with Gasteiger partial charge in [-0.1, -0.05) is 18.2 Å². The second kappa shape index (κ2) is 6.22. The molecule has 0 unspecified atom stereocenters. The minimum absolute atomic E-state index is 0.257. The Morgan fingerprint density at radius 1 is 1.38 bits per heavy atom. The smallest absolute Gasteiger partial charge is 0.338 e. The lowest BCUT2D eigenvalue weighted by Gasteiger charge is -2.30. The molecule has 2 N–H and O–H groups in total. The maximum atomic E-state index is 14.0. The Balaban J connectivity index is 2.46. The lowest BCUT2D eigenvalue weighted by Crippen LogP contribution is -2.45. The van der Waals surface area contributed by atoms with Gasteiger partial charge in [-0.25, -0.2) is 9.18 Å². The van der Waals surface area contributed by atoms with Crippen LogP contribution >= 0.6 is 12.2 Å². The SMILES string of the molecule is CC1=C(C(=O)OC(C)C)[C@H](c2ccccc2F)NC(=S)N1. The summed E-state index contributed by atoms with van der Waals surface area (Å²) in [6.45, 7) is 5.25. The lowest BCUT2D eigenvalue weighted by molar-refractivity contribution is -0.143. The largest absolute Gasteiger partial charge is 0.459 e. The third kappa shape index (κ3) is 3.39. The fourth-order valence-electron chi connectivity index (χ4n) is 2.18. The number of nitrogens with one attached hydrogen (secondary N) is 2. The fourth-order valence-corrected chi connectivity index (χ4v) is 2.46. The van der Waals surface area contributed by atoms with Gasteiger partial charge in [0.1, 0.15) is 5.82 Å². The summed E-state index contributed by atoms with van der Waals surface area (Å²) >= 11 is 5.10. The first-order chi connectivity index (χ1) is 9.90. The molecule has 0 saturated heterocycles. The third-order valence-corrected chi connectivity index (χ3v) is 3.27. The van der Waals surface area contributed by atoms with Crippen molar-refractivity contribution in [3.8, 4) is 0 Å². The number of rotatable bonds is 3. The predicted octanol–water partition coefficient (Wildman–Crippen LogP) is 2.57. The highest BCUT2D eigenvalue weighted by molar-refractivity contribution is 7.80. The van der Waals surface area contributed by atoms with Crippen LogP contribution in [0.25, 0.3) is 0 Å². The van der Waals surface area contributed by atoms with Gasteiger partial charge in [-0.15, -0.1) is 0 Å². The lowest BCUT2D eigenvalue weighted by atomic mass is 9.95. The Bertz CT molecular complexity index is 613. The molecule has 0 spiro atoms. The summed E-state index contributed by atoms with van der Waals surface area (Å²) in [7, 11) is 0. The first-order valence-corrected chi connectivity index (χ1v) is 7.04. The molecule has 0 bridgehead atoms. The van der Waals surface area contributed by atoms with E-state index < -0.39 is 17.8 Å². The Hall–Kier alpha value is -1.95. The summed E-state index contributed by atoms with van der Waals surface area (Å²) in [6.07, 6.45) is -0.257. The van der Waals surface area contributed by atoms with Gasteiger partial charge in [-0.3, -0.25) is 0 Å². The Kier molecular flexibility index (Phi) is 4.57. The van der Waals surface area contributed by atoms with Crippen molar-refractivity contribution in [3.05, 3.63) is 46.9 Å². The Morgan fingerprint density at radius 2 is 2.05 bits per heavy atom. The van der Waals surface area contributed by atoms with Crippen LogP contribution in [0.4, 0.5) is 4.39 Å². The molecule has 1 atom stereocenters. The van der Waals surface area contributed by atoms with E-state index in [1.165, 1.54) is 6.07 Å². The second-order valence-corrected chi connectivity index (χ2v) is 5.45. The molecule has 0 amide bonds. The van der Waals surface area contributed by atoms with Gasteiger partial charge in [0.2, 0.25) is 0 Å². The topological polar surface area (TPSA) is 50.4 Å². The molecular weight excluding hydrogens is 291 g/mol. The van der Waals surface area contributed by atoms with E-state index in [-0.39, 0.29) is 6.10 Å². The highest BCUT2D eigenvalue weighted by Crippen LogP contribution is 2.29. The van der Waals surface area contributed by atoms with Crippen LogP contribution in [0.2, 0.25) is 0 Å². The van der Waals surface area contributed by atoms with Crippen molar-refractivity contribution in [2.24, 2.45) is 0 Å². The van der Waals surface area contributed by atoms with Gasteiger partial charge in [0.15, 0.2) is 5.11 Å². The normalized spacial score (nSPS) is 18.3. The van der Waals surface area contributed by atoms with Crippen molar-refractivity contribution in [3.63, 3.8) is 0 Å². The van der Waals surface area contributed by atoms with E-state index >= 15 is 0 Å². The Morgan fingerprint density at radius 3 is 2.67 bits per heavy atom. The van der Waals surface area contributed by atoms with Crippen LogP contribution in [-0.4, -0.2) is 17.2 Å². The van der Waals surface area contributed by atoms with Crippen molar-refractivity contribution in [1.29, 1.82) is 0 Å². The summed E-state index contributed by atoms with van der Waals surface area (Å²) in [5.74, 6) is -0.888. The van der Waals surface area contributed by atoms with E-state index in [0.29, 0.717) is 21.9 Å². The summed E-state index contributed by atoms with van der Waals surface area (Å²) in [5.41, 5.74) is 1.26. The molecule has 0 aliphatic carbocycles. The zero-order valence-electron chi connectivity index (χ0n) is 12.1. The molecule has 112 valence electrons. The molecule has 1 aromatic rings. The zero-order chi connectivity index (χ0) is 15.6. The van der Waals surface area contributed by atoms with E-state index in [1.54, 1.807) is 39.0 Å². The molecule has 1 heterocycles. The number of hydrogen-bond donors (Lipinski definition) is 2. The number of benzene rings is 1. The van der Waals surface area contributed by atoms with E-state index in [9.17, 15) is 9.18 Å². The third-order valence-electron chi connectivity index (χ3n) is 3.05. The predicted molar refractivity (Wildman–Crippen MR) is 81.9 cm³/mol. The maximum Gasteiger partial charge on any atom is 0.338 e. The summed E-state index contributed by atoms with van der Waals surface area (Å²) in [4.78, 5) is 12.3. The molecular formula is C15H17FN2O2S. The quantitative estimate of drug-likeness (QED) is 0.664. The zero-order valence-corrected chi connectivity index (χ0v) is 12.9. The number of halogens is 1. The molecule has 6 heteroatoms. The van der Waals surface area contributed by atoms with Gasteiger partial charge in [-0.2, -0.15) is 0 Å². The van der Waals surface area contributed by atoms with Crippen LogP contribution in [0.15, 0.2) is 35.5 Å². The summed E-state index contributed by atoms with van der Waals surface area (Å²) in [5, 5.41) is 6.16. The fraction of sp³-hybridized carbons (Fsp3) is 0.333. The van der Waals surface area contributed by atoms with Crippen LogP contribution in [0, 0.1) is 5.82 Å². The van der Waals surface area contributed by atoms with Crippen molar-refractivity contribution in [1.82, 2.24) is 10.6 Å². The number of carbonyl (C=O) groups is 1. The van der Waals surface area contributed by atoms with Crippen LogP contribution in [0.5, 0.6) is 0 Å². The van der Waals surface area contributed by atoms with E-state index in [1.807, 2.05) is 0 Å². The molecule has 4 nitrogen and oxygen atoms in total. The van der Waals surface area contributed by atoms with E-state index in [4.69, 9.17) is 17.0 Å². The average molecular weight is 308 g/mol. The van der Waals surface area contributed by atoms with Gasteiger partial charge in [0.05, 0.1) is 17.7 Å². The van der Waals surface area contributed by atoms with Crippen LogP contribution in [0.1, 0.15) is 32.4 Å². The molecule has 0 aromatic heterocycles. The summed E-state index contributed by atoms with van der Waals surface area (Å²) in [6, 6.07) is 5.62. The first-order valence-electron chi connectivity index (χ1n) is 6.64. The number of allylic oxidation sites excluding steroid dienone is 1. The van der Waals surface area contributed by atoms with Gasteiger partial charge < -0.3 is 15.4 Å². The standard InChI is InChI=1S/C15H17FN2O2S/c1-8(2)20-14(19)12-9(3)17-15(21)18-13(12)10-6-4-5-7-11(10)16/h4-8,13H,1-3H3,(H2,17,18,21)/t13-/m0/s1. The van der Waals surface area contributed by atoms with Crippen LogP contribution < -0.4 is 10.6 Å². The summed E-state index contributed by atoms with van der Waals surface area (Å²) < 4.78 is 19.3. The number of hydrogen-bond acceptors (Lipinski definition) is 3.